The van der Waals surface area contributed by atoms with Crippen molar-refractivity contribution in [3.05, 3.63) is 52.7 Å². The monoisotopic (exact) mass is 290 g/mol. The fourth-order valence-corrected chi connectivity index (χ4v) is 2.27. The van der Waals surface area contributed by atoms with Crippen LogP contribution in [0.4, 0.5) is 0 Å². The first-order valence-electron chi connectivity index (χ1n) is 6.09. The van der Waals surface area contributed by atoms with E-state index >= 15 is 0 Å². The van der Waals surface area contributed by atoms with Crippen molar-refractivity contribution in [2.24, 2.45) is 0 Å². The van der Waals surface area contributed by atoms with Crippen LogP contribution in [0.1, 0.15) is 11.6 Å². The average Bonchev–Trinajstić information content (AvgIpc) is 2.99. The molecule has 2 heterocycles. The van der Waals surface area contributed by atoms with Gasteiger partial charge in [0.05, 0.1) is 16.8 Å². The summed E-state index contributed by atoms with van der Waals surface area (Å²) < 4.78 is 6.23. The molecule has 3 rings (SSSR count). The molecular formula is C13H11ClN4O2. The molecule has 0 saturated heterocycles. The predicted octanol–water partition coefficient (Wildman–Crippen LogP) is 1.76. The van der Waals surface area contributed by atoms with Crippen molar-refractivity contribution in [3.63, 3.8) is 0 Å². The zero-order valence-electron chi connectivity index (χ0n) is 10.5. The second-order valence-corrected chi connectivity index (χ2v) is 4.50. The lowest BCUT2D eigenvalue weighted by Gasteiger charge is -2.10. The molecule has 0 atom stereocenters. The Morgan fingerprint density at radius 3 is 2.90 bits per heavy atom. The molecule has 1 aromatic carbocycles. The summed E-state index contributed by atoms with van der Waals surface area (Å²) in [5.41, 5.74) is 0.554. The van der Waals surface area contributed by atoms with Crippen LogP contribution in [0.5, 0.6) is 0 Å². The van der Waals surface area contributed by atoms with Crippen molar-refractivity contribution in [1.82, 2.24) is 19.7 Å². The zero-order valence-corrected chi connectivity index (χ0v) is 11.2. The quantitative estimate of drug-likeness (QED) is 0.685. The van der Waals surface area contributed by atoms with Gasteiger partial charge >= 0.3 is 0 Å². The van der Waals surface area contributed by atoms with E-state index in [9.17, 15) is 4.79 Å². The van der Waals surface area contributed by atoms with Gasteiger partial charge in [-0.25, -0.2) is 4.98 Å². The van der Waals surface area contributed by atoms with Gasteiger partial charge in [0.2, 0.25) is 6.39 Å². The van der Waals surface area contributed by atoms with E-state index in [1.54, 1.807) is 16.7 Å². The Morgan fingerprint density at radius 2 is 2.15 bits per heavy atom. The molecule has 0 radical (unpaired) electrons. The van der Waals surface area contributed by atoms with Gasteiger partial charge in [-0.3, -0.25) is 9.36 Å². The standard InChI is InChI=1S/C13H11ClN4O2/c14-7-12-16-10-4-2-1-3-9(10)13(19)18(12)6-5-11-15-8-20-17-11/h1-4,8H,5-7H2. The van der Waals surface area contributed by atoms with E-state index in [0.29, 0.717) is 35.5 Å². The largest absolute Gasteiger partial charge is 0.343 e. The van der Waals surface area contributed by atoms with Crippen LogP contribution in [-0.2, 0) is 18.8 Å². The lowest BCUT2D eigenvalue weighted by Crippen LogP contribution is -2.26. The molecule has 0 aliphatic rings. The number of halogens is 1. The van der Waals surface area contributed by atoms with Crippen molar-refractivity contribution < 1.29 is 4.52 Å². The summed E-state index contributed by atoms with van der Waals surface area (Å²) in [6.45, 7) is 0.415. The van der Waals surface area contributed by atoms with Crippen LogP contribution in [0.2, 0.25) is 0 Å². The van der Waals surface area contributed by atoms with Crippen LogP contribution in [0.25, 0.3) is 10.9 Å². The number of nitrogens with zero attached hydrogens (tertiary/aromatic N) is 4. The first-order valence-corrected chi connectivity index (χ1v) is 6.62. The number of para-hydroxylation sites is 1. The highest BCUT2D eigenvalue weighted by Gasteiger charge is 2.10. The van der Waals surface area contributed by atoms with Gasteiger partial charge in [0.15, 0.2) is 5.82 Å². The van der Waals surface area contributed by atoms with E-state index in [-0.39, 0.29) is 11.4 Å². The number of benzene rings is 1. The number of hydrogen-bond acceptors (Lipinski definition) is 5. The summed E-state index contributed by atoms with van der Waals surface area (Å²) in [5, 5.41) is 4.30. The van der Waals surface area contributed by atoms with Crippen LogP contribution in [0.15, 0.2) is 40.0 Å². The fraction of sp³-hybridized carbons (Fsp3) is 0.231. The minimum Gasteiger partial charge on any atom is -0.343 e. The number of hydrogen-bond donors (Lipinski definition) is 0. The molecule has 0 fully saturated rings. The molecule has 0 amide bonds. The van der Waals surface area contributed by atoms with Crippen molar-refractivity contribution >= 4 is 22.5 Å². The molecule has 0 saturated carbocycles. The third-order valence-corrected chi connectivity index (χ3v) is 3.27. The lowest BCUT2D eigenvalue weighted by atomic mass is 10.2. The van der Waals surface area contributed by atoms with Gasteiger partial charge in [-0.15, -0.1) is 11.6 Å². The third-order valence-electron chi connectivity index (χ3n) is 3.03. The average molecular weight is 291 g/mol. The van der Waals surface area contributed by atoms with E-state index in [2.05, 4.69) is 19.6 Å². The molecule has 0 bridgehead atoms. The van der Waals surface area contributed by atoms with Gasteiger partial charge in [-0.2, -0.15) is 4.98 Å². The Hall–Kier alpha value is -2.21. The molecule has 7 heteroatoms. The molecule has 0 aliphatic heterocycles. The highest BCUT2D eigenvalue weighted by molar-refractivity contribution is 6.16. The number of alkyl halides is 1. The molecular weight excluding hydrogens is 280 g/mol. The first kappa shape index (κ1) is 12.8. The van der Waals surface area contributed by atoms with Crippen LogP contribution in [0.3, 0.4) is 0 Å². The number of rotatable bonds is 4. The normalized spacial score (nSPS) is 11.1. The predicted molar refractivity (Wildman–Crippen MR) is 73.6 cm³/mol. The molecule has 102 valence electrons. The van der Waals surface area contributed by atoms with Gasteiger partial charge < -0.3 is 4.52 Å². The van der Waals surface area contributed by atoms with E-state index < -0.39 is 0 Å². The van der Waals surface area contributed by atoms with Gasteiger partial charge in [0, 0.05) is 13.0 Å². The molecule has 20 heavy (non-hydrogen) atoms. The van der Waals surface area contributed by atoms with Crippen molar-refractivity contribution in [2.45, 2.75) is 18.8 Å². The number of fused-ring (bicyclic) bond motifs is 1. The van der Waals surface area contributed by atoms with Crippen LogP contribution in [0, 0.1) is 0 Å². The lowest BCUT2D eigenvalue weighted by molar-refractivity contribution is 0.408. The van der Waals surface area contributed by atoms with Gasteiger partial charge in [0.25, 0.3) is 5.56 Å². The Bertz CT molecular complexity index is 783. The maximum atomic E-state index is 12.5. The van der Waals surface area contributed by atoms with Crippen molar-refractivity contribution in [3.8, 4) is 0 Å². The Balaban J connectivity index is 2.04. The number of aromatic nitrogens is 4. The summed E-state index contributed by atoms with van der Waals surface area (Å²) in [5.74, 6) is 1.26. The van der Waals surface area contributed by atoms with E-state index in [1.165, 1.54) is 6.39 Å². The first-order chi connectivity index (χ1) is 9.79. The summed E-state index contributed by atoms with van der Waals surface area (Å²) in [6.07, 6.45) is 1.75. The maximum Gasteiger partial charge on any atom is 0.261 e. The number of aryl methyl sites for hydroxylation is 1. The van der Waals surface area contributed by atoms with E-state index in [1.807, 2.05) is 12.1 Å². The summed E-state index contributed by atoms with van der Waals surface area (Å²) in [4.78, 5) is 20.8. The summed E-state index contributed by atoms with van der Waals surface area (Å²) in [7, 11) is 0. The maximum absolute atomic E-state index is 12.5. The van der Waals surface area contributed by atoms with Crippen LogP contribution >= 0.6 is 11.6 Å². The molecule has 2 aromatic heterocycles. The Morgan fingerprint density at radius 1 is 1.30 bits per heavy atom. The molecule has 0 spiro atoms. The van der Waals surface area contributed by atoms with Gasteiger partial charge in [-0.1, -0.05) is 17.3 Å². The zero-order chi connectivity index (χ0) is 13.9. The van der Waals surface area contributed by atoms with Gasteiger partial charge in [0.1, 0.15) is 5.82 Å². The van der Waals surface area contributed by atoms with Crippen molar-refractivity contribution in [2.75, 3.05) is 0 Å². The molecule has 6 nitrogen and oxygen atoms in total. The molecule has 3 aromatic rings. The minimum absolute atomic E-state index is 0.102. The second kappa shape index (κ2) is 5.42. The van der Waals surface area contributed by atoms with Gasteiger partial charge in [-0.05, 0) is 12.1 Å². The summed E-state index contributed by atoms with van der Waals surface area (Å²) in [6, 6.07) is 7.22. The molecule has 0 unspecified atom stereocenters. The SMILES string of the molecule is O=c1c2ccccc2nc(CCl)n1CCc1ncon1. The van der Waals surface area contributed by atoms with E-state index in [4.69, 9.17) is 11.6 Å². The second-order valence-electron chi connectivity index (χ2n) is 4.23. The van der Waals surface area contributed by atoms with Crippen molar-refractivity contribution in [1.29, 1.82) is 0 Å². The smallest absolute Gasteiger partial charge is 0.261 e. The highest BCUT2D eigenvalue weighted by atomic mass is 35.5. The highest BCUT2D eigenvalue weighted by Crippen LogP contribution is 2.10. The Labute approximate surface area is 119 Å². The molecule has 0 N–H and O–H groups in total. The fourth-order valence-electron chi connectivity index (χ4n) is 2.06. The summed E-state index contributed by atoms with van der Waals surface area (Å²) >= 11 is 5.89. The molecule has 0 aliphatic carbocycles. The minimum atomic E-state index is -0.102. The van der Waals surface area contributed by atoms with E-state index in [0.717, 1.165) is 0 Å². The van der Waals surface area contributed by atoms with Crippen LogP contribution in [-0.4, -0.2) is 19.7 Å². The van der Waals surface area contributed by atoms with Crippen LogP contribution < -0.4 is 5.56 Å². The third kappa shape index (κ3) is 2.30. The Kier molecular flexibility index (Phi) is 3.47. The topological polar surface area (TPSA) is 73.8 Å².